The van der Waals surface area contributed by atoms with Crippen molar-refractivity contribution < 1.29 is 27.8 Å². The lowest BCUT2D eigenvalue weighted by molar-refractivity contribution is -0.112. The van der Waals surface area contributed by atoms with Crippen LogP contribution >= 0.6 is 0 Å². The maximum Gasteiger partial charge on any atom is 0.276 e. The third-order valence-electron chi connectivity index (χ3n) is 5.54. The molecule has 2 aliphatic heterocycles. The summed E-state index contributed by atoms with van der Waals surface area (Å²) in [6, 6.07) is 3.19. The summed E-state index contributed by atoms with van der Waals surface area (Å²) < 4.78 is 38.9. The van der Waals surface area contributed by atoms with Crippen LogP contribution in [0.15, 0.2) is 29.2 Å². The topological polar surface area (TPSA) is 89.9 Å². The van der Waals surface area contributed by atoms with Crippen LogP contribution in [0.25, 0.3) is 0 Å². The Hall–Kier alpha value is -3.27. The number of rotatable bonds is 4. The molecule has 10 heteroatoms. The molecule has 1 N–H and O–H groups in total. The molecule has 0 radical (unpaired) electrons. The van der Waals surface area contributed by atoms with Gasteiger partial charge in [0.1, 0.15) is 5.56 Å². The standard InChI is InChI=1S/C21H21F2N3O5/c1-11-5-6-31-16-10-25-9-13(18(27)19(30-2)17(25)21(29)26(11)16)20(28)24-8-12-3-4-14(22)15(23)7-12/h3-4,7,9,11,16H,5-6,8,10H2,1-2H3,(H,24,28)/t11-,16+/m1/s1. The molecular formula is C21H21F2N3O5. The molecule has 0 spiro atoms. The number of amides is 2. The molecule has 164 valence electrons. The number of benzene rings is 1. The van der Waals surface area contributed by atoms with E-state index in [1.165, 1.54) is 23.9 Å². The lowest BCUT2D eigenvalue weighted by Gasteiger charge is -2.44. The van der Waals surface area contributed by atoms with Crippen molar-refractivity contribution >= 4 is 11.8 Å². The first-order valence-electron chi connectivity index (χ1n) is 9.79. The first kappa shape index (κ1) is 21.0. The predicted octanol–water partition coefficient (Wildman–Crippen LogP) is 1.66. The van der Waals surface area contributed by atoms with Gasteiger partial charge in [-0.3, -0.25) is 14.4 Å². The monoisotopic (exact) mass is 433 g/mol. The van der Waals surface area contributed by atoms with E-state index in [-0.39, 0.29) is 36.1 Å². The van der Waals surface area contributed by atoms with Gasteiger partial charge in [0.05, 0.1) is 20.3 Å². The highest BCUT2D eigenvalue weighted by Crippen LogP contribution is 2.29. The molecule has 1 fully saturated rings. The quantitative estimate of drug-likeness (QED) is 0.792. The fourth-order valence-electron chi connectivity index (χ4n) is 3.92. The molecule has 2 atom stereocenters. The van der Waals surface area contributed by atoms with Crippen LogP contribution in [-0.2, 0) is 17.8 Å². The van der Waals surface area contributed by atoms with Crippen LogP contribution in [0.3, 0.4) is 0 Å². The highest BCUT2D eigenvalue weighted by molar-refractivity contribution is 5.99. The Labute approximate surface area is 176 Å². The zero-order chi connectivity index (χ0) is 22.3. The number of methoxy groups -OCH3 is 1. The average molecular weight is 433 g/mol. The van der Waals surface area contributed by atoms with Crippen molar-refractivity contribution in [3.05, 3.63) is 63.1 Å². The van der Waals surface area contributed by atoms with Gasteiger partial charge in [-0.15, -0.1) is 0 Å². The maximum atomic E-state index is 13.4. The van der Waals surface area contributed by atoms with Gasteiger partial charge in [-0.05, 0) is 31.0 Å². The molecular weight excluding hydrogens is 412 g/mol. The Morgan fingerprint density at radius 3 is 2.77 bits per heavy atom. The predicted molar refractivity (Wildman–Crippen MR) is 105 cm³/mol. The molecule has 2 amide bonds. The van der Waals surface area contributed by atoms with Crippen LogP contribution in [0.5, 0.6) is 5.75 Å². The van der Waals surface area contributed by atoms with Crippen LogP contribution in [-0.4, -0.2) is 47.3 Å². The number of ether oxygens (including phenoxy) is 2. The number of nitrogens with zero attached hydrogens (tertiary/aromatic N) is 2. The molecule has 1 saturated heterocycles. The summed E-state index contributed by atoms with van der Waals surface area (Å²) >= 11 is 0. The number of hydrogen-bond acceptors (Lipinski definition) is 5. The van der Waals surface area contributed by atoms with Gasteiger partial charge in [0.2, 0.25) is 5.43 Å². The third kappa shape index (κ3) is 3.67. The minimum Gasteiger partial charge on any atom is -0.491 e. The minimum absolute atomic E-state index is 0.0566. The molecule has 4 rings (SSSR count). The van der Waals surface area contributed by atoms with Crippen molar-refractivity contribution in [2.24, 2.45) is 0 Å². The Bertz CT molecular complexity index is 1120. The van der Waals surface area contributed by atoms with Crippen LogP contribution in [0, 0.1) is 11.6 Å². The van der Waals surface area contributed by atoms with Crippen LogP contribution < -0.4 is 15.5 Å². The van der Waals surface area contributed by atoms with Gasteiger partial charge in [0.25, 0.3) is 11.8 Å². The summed E-state index contributed by atoms with van der Waals surface area (Å²) in [5.74, 6) is -3.37. The average Bonchev–Trinajstić information content (AvgIpc) is 2.74. The molecule has 2 aromatic rings. The summed E-state index contributed by atoms with van der Waals surface area (Å²) in [5, 5.41) is 2.51. The number of carbonyl (C=O) groups excluding carboxylic acids is 2. The maximum absolute atomic E-state index is 13.4. The highest BCUT2D eigenvalue weighted by Gasteiger charge is 2.41. The van der Waals surface area contributed by atoms with Gasteiger partial charge in [0.15, 0.2) is 29.3 Å². The number of pyridine rings is 1. The first-order valence-corrected chi connectivity index (χ1v) is 9.79. The smallest absolute Gasteiger partial charge is 0.276 e. The second-order valence-corrected chi connectivity index (χ2v) is 7.51. The number of nitrogens with one attached hydrogen (secondary N) is 1. The summed E-state index contributed by atoms with van der Waals surface area (Å²) in [4.78, 5) is 40.3. The molecule has 1 aromatic carbocycles. The summed E-state index contributed by atoms with van der Waals surface area (Å²) in [5.41, 5.74) is -0.562. The highest BCUT2D eigenvalue weighted by atomic mass is 19.2. The number of fused-ring (bicyclic) bond motifs is 2. The van der Waals surface area contributed by atoms with Gasteiger partial charge in [-0.25, -0.2) is 8.78 Å². The van der Waals surface area contributed by atoms with E-state index in [9.17, 15) is 23.2 Å². The molecule has 2 aliphatic rings. The lowest BCUT2D eigenvalue weighted by Crippen LogP contribution is -2.57. The summed E-state index contributed by atoms with van der Waals surface area (Å²) in [7, 11) is 1.26. The molecule has 31 heavy (non-hydrogen) atoms. The molecule has 3 heterocycles. The van der Waals surface area contributed by atoms with Gasteiger partial charge in [-0.1, -0.05) is 6.07 Å². The van der Waals surface area contributed by atoms with E-state index in [0.29, 0.717) is 18.6 Å². The van der Waals surface area contributed by atoms with Crippen LogP contribution in [0.4, 0.5) is 8.78 Å². The normalized spacial score (nSPS) is 20.1. The molecule has 0 saturated carbocycles. The van der Waals surface area contributed by atoms with Crippen molar-refractivity contribution in [3.8, 4) is 5.75 Å². The third-order valence-corrected chi connectivity index (χ3v) is 5.54. The fourth-order valence-corrected chi connectivity index (χ4v) is 3.92. The second-order valence-electron chi connectivity index (χ2n) is 7.51. The van der Waals surface area contributed by atoms with Crippen molar-refractivity contribution in [3.63, 3.8) is 0 Å². The van der Waals surface area contributed by atoms with Gasteiger partial charge in [-0.2, -0.15) is 0 Å². The van der Waals surface area contributed by atoms with Gasteiger partial charge in [0, 0.05) is 18.8 Å². The van der Waals surface area contributed by atoms with E-state index < -0.39 is 35.1 Å². The van der Waals surface area contributed by atoms with E-state index in [4.69, 9.17) is 9.47 Å². The Balaban J connectivity index is 1.65. The molecule has 0 bridgehead atoms. The summed E-state index contributed by atoms with van der Waals surface area (Å²) in [6.07, 6.45) is 1.48. The van der Waals surface area contributed by atoms with E-state index >= 15 is 0 Å². The van der Waals surface area contributed by atoms with E-state index in [0.717, 1.165) is 12.1 Å². The van der Waals surface area contributed by atoms with Crippen molar-refractivity contribution in [2.45, 2.75) is 38.7 Å². The molecule has 8 nitrogen and oxygen atoms in total. The molecule has 0 aliphatic carbocycles. The number of aromatic nitrogens is 1. The summed E-state index contributed by atoms with van der Waals surface area (Å²) in [6.45, 7) is 2.54. The molecule has 0 unspecified atom stereocenters. The van der Waals surface area contributed by atoms with Gasteiger partial charge < -0.3 is 24.3 Å². The van der Waals surface area contributed by atoms with E-state index in [1.807, 2.05) is 6.92 Å². The zero-order valence-corrected chi connectivity index (χ0v) is 17.0. The lowest BCUT2D eigenvalue weighted by atomic mass is 10.1. The largest absolute Gasteiger partial charge is 0.491 e. The van der Waals surface area contributed by atoms with Crippen molar-refractivity contribution in [1.29, 1.82) is 0 Å². The van der Waals surface area contributed by atoms with Crippen molar-refractivity contribution in [1.82, 2.24) is 14.8 Å². The Morgan fingerprint density at radius 1 is 1.29 bits per heavy atom. The van der Waals surface area contributed by atoms with Gasteiger partial charge >= 0.3 is 0 Å². The number of hydrogen-bond donors (Lipinski definition) is 1. The SMILES string of the molecule is COc1c2n(cc(C(=O)NCc3ccc(F)c(F)c3)c1=O)C[C@@H]1OCC[C@@H](C)N1C2=O. The number of carbonyl (C=O) groups is 2. The zero-order valence-electron chi connectivity index (χ0n) is 17.0. The Kier molecular flexibility index (Phi) is 5.48. The van der Waals surface area contributed by atoms with E-state index in [2.05, 4.69) is 5.32 Å². The van der Waals surface area contributed by atoms with Crippen molar-refractivity contribution in [2.75, 3.05) is 13.7 Å². The second kappa shape index (κ2) is 8.10. The molecule has 1 aromatic heterocycles. The van der Waals surface area contributed by atoms with Crippen LogP contribution in [0.1, 0.15) is 39.8 Å². The minimum atomic E-state index is -1.04. The first-order chi connectivity index (χ1) is 14.8. The fraction of sp³-hybridized carbons (Fsp3) is 0.381. The van der Waals surface area contributed by atoms with E-state index in [1.54, 1.807) is 4.90 Å². The number of halogens is 2. The van der Waals surface area contributed by atoms with Crippen LogP contribution in [0.2, 0.25) is 0 Å². The Morgan fingerprint density at radius 2 is 2.06 bits per heavy atom.